The molecule has 0 aliphatic heterocycles. The van der Waals surface area contributed by atoms with Crippen LogP contribution in [0, 0.1) is 6.92 Å². The summed E-state index contributed by atoms with van der Waals surface area (Å²) in [5, 5.41) is 2.92. The number of hydrogen-bond acceptors (Lipinski definition) is 4. The highest BCUT2D eigenvalue weighted by atomic mass is 32.2. The Labute approximate surface area is 155 Å². The molecule has 2 atom stereocenters. The van der Waals surface area contributed by atoms with Crippen molar-refractivity contribution < 1.29 is 17.9 Å². The van der Waals surface area contributed by atoms with E-state index in [4.69, 9.17) is 4.74 Å². The lowest BCUT2D eigenvalue weighted by atomic mass is 10.1. The van der Waals surface area contributed by atoms with Crippen molar-refractivity contribution in [2.45, 2.75) is 44.2 Å². The van der Waals surface area contributed by atoms with Crippen LogP contribution in [0.3, 0.4) is 0 Å². The number of carbonyl (C=O) groups is 1. The minimum Gasteiger partial charge on any atom is -0.481 e. The van der Waals surface area contributed by atoms with Crippen LogP contribution in [-0.2, 0) is 14.6 Å². The average Bonchev–Trinajstić information content (AvgIpc) is 2.60. The molecule has 140 valence electrons. The summed E-state index contributed by atoms with van der Waals surface area (Å²) in [6.45, 7) is 5.74. The van der Waals surface area contributed by atoms with Gasteiger partial charge in [-0.05, 0) is 50.1 Å². The molecule has 0 saturated carbocycles. The van der Waals surface area contributed by atoms with Gasteiger partial charge >= 0.3 is 0 Å². The predicted octanol–water partition coefficient (Wildman–Crippen LogP) is 3.43. The molecule has 0 fully saturated rings. The van der Waals surface area contributed by atoms with Gasteiger partial charge in [0.15, 0.2) is 15.9 Å². The number of ether oxygens (including phenoxy) is 1. The van der Waals surface area contributed by atoms with Crippen molar-refractivity contribution in [3.05, 3.63) is 59.7 Å². The number of rotatable bonds is 7. The summed E-state index contributed by atoms with van der Waals surface area (Å²) in [5.41, 5.74) is 1.96. The molecule has 2 rings (SSSR count). The highest BCUT2D eigenvalue weighted by molar-refractivity contribution is 7.90. The third kappa shape index (κ3) is 5.33. The van der Waals surface area contributed by atoms with Gasteiger partial charge < -0.3 is 10.1 Å². The molecule has 0 aromatic heterocycles. The topological polar surface area (TPSA) is 72.5 Å². The fourth-order valence-corrected chi connectivity index (χ4v) is 3.13. The molecule has 5 nitrogen and oxygen atoms in total. The second kappa shape index (κ2) is 8.36. The van der Waals surface area contributed by atoms with E-state index < -0.39 is 15.9 Å². The number of aryl methyl sites for hydroxylation is 1. The lowest BCUT2D eigenvalue weighted by Gasteiger charge is -2.21. The fourth-order valence-electron chi connectivity index (χ4n) is 2.50. The smallest absolute Gasteiger partial charge is 0.261 e. The number of amides is 1. The SMILES string of the molecule is CCC(Oc1ccc(C)cc1)C(=O)NC(C)c1ccc(S(C)(=O)=O)cc1. The van der Waals surface area contributed by atoms with E-state index in [2.05, 4.69) is 5.32 Å². The van der Waals surface area contributed by atoms with E-state index >= 15 is 0 Å². The van der Waals surface area contributed by atoms with Crippen molar-refractivity contribution in [2.24, 2.45) is 0 Å². The zero-order chi connectivity index (χ0) is 19.3. The fraction of sp³-hybridized carbons (Fsp3) is 0.350. The first-order chi connectivity index (χ1) is 12.2. The standard InChI is InChI=1S/C20H25NO4S/c1-5-19(25-17-10-6-14(2)7-11-17)20(22)21-15(3)16-8-12-18(13-9-16)26(4,23)24/h6-13,15,19H,5H2,1-4H3,(H,21,22). The molecule has 0 radical (unpaired) electrons. The third-order valence-electron chi connectivity index (χ3n) is 4.13. The Morgan fingerprint density at radius 1 is 1.08 bits per heavy atom. The minimum absolute atomic E-state index is 0.201. The quantitative estimate of drug-likeness (QED) is 0.805. The highest BCUT2D eigenvalue weighted by Crippen LogP contribution is 2.18. The van der Waals surface area contributed by atoms with Gasteiger partial charge in [0.05, 0.1) is 10.9 Å². The summed E-state index contributed by atoms with van der Waals surface area (Å²) < 4.78 is 28.8. The molecular formula is C20H25NO4S. The summed E-state index contributed by atoms with van der Waals surface area (Å²) in [7, 11) is -3.23. The zero-order valence-corrected chi connectivity index (χ0v) is 16.3. The summed E-state index contributed by atoms with van der Waals surface area (Å²) >= 11 is 0. The zero-order valence-electron chi connectivity index (χ0n) is 15.5. The highest BCUT2D eigenvalue weighted by Gasteiger charge is 2.21. The maximum Gasteiger partial charge on any atom is 0.261 e. The van der Waals surface area contributed by atoms with Gasteiger partial charge in [0.1, 0.15) is 5.75 Å². The molecule has 0 heterocycles. The Bertz CT molecular complexity index is 842. The van der Waals surface area contributed by atoms with E-state index in [9.17, 15) is 13.2 Å². The van der Waals surface area contributed by atoms with Crippen LogP contribution >= 0.6 is 0 Å². The van der Waals surface area contributed by atoms with Gasteiger partial charge in [0, 0.05) is 6.26 Å². The molecule has 26 heavy (non-hydrogen) atoms. The molecule has 6 heteroatoms. The van der Waals surface area contributed by atoms with E-state index in [0.717, 1.165) is 11.1 Å². The van der Waals surface area contributed by atoms with Crippen molar-refractivity contribution in [3.63, 3.8) is 0 Å². The number of benzene rings is 2. The molecule has 2 aromatic carbocycles. The van der Waals surface area contributed by atoms with Crippen LogP contribution < -0.4 is 10.1 Å². The maximum atomic E-state index is 12.5. The van der Waals surface area contributed by atoms with Crippen LogP contribution in [0.2, 0.25) is 0 Å². The molecule has 2 unspecified atom stereocenters. The number of carbonyl (C=O) groups excluding carboxylic acids is 1. The van der Waals surface area contributed by atoms with Crippen molar-refractivity contribution in [1.82, 2.24) is 5.32 Å². The molecule has 0 saturated heterocycles. The van der Waals surface area contributed by atoms with Gasteiger partial charge in [-0.1, -0.05) is 36.8 Å². The minimum atomic E-state index is -3.23. The first kappa shape index (κ1) is 20.0. The van der Waals surface area contributed by atoms with Crippen molar-refractivity contribution >= 4 is 15.7 Å². The van der Waals surface area contributed by atoms with E-state index in [1.807, 2.05) is 45.0 Å². The van der Waals surface area contributed by atoms with Crippen molar-refractivity contribution in [1.29, 1.82) is 0 Å². The molecule has 0 spiro atoms. The Morgan fingerprint density at radius 3 is 2.15 bits per heavy atom. The van der Waals surface area contributed by atoms with Gasteiger partial charge in [-0.15, -0.1) is 0 Å². The number of hydrogen-bond donors (Lipinski definition) is 1. The third-order valence-corrected chi connectivity index (χ3v) is 5.26. The first-order valence-corrected chi connectivity index (χ1v) is 10.4. The van der Waals surface area contributed by atoms with Crippen molar-refractivity contribution in [2.75, 3.05) is 6.26 Å². The average molecular weight is 375 g/mol. The molecular weight excluding hydrogens is 350 g/mol. The van der Waals surface area contributed by atoms with Gasteiger partial charge in [0.25, 0.3) is 5.91 Å². The Hall–Kier alpha value is -2.34. The largest absolute Gasteiger partial charge is 0.481 e. The molecule has 0 aliphatic rings. The van der Waals surface area contributed by atoms with E-state index in [0.29, 0.717) is 12.2 Å². The Balaban J connectivity index is 2.03. The summed E-state index contributed by atoms with van der Waals surface area (Å²) in [4.78, 5) is 12.8. The van der Waals surface area contributed by atoms with Crippen LogP contribution in [0.1, 0.15) is 37.4 Å². The molecule has 2 aromatic rings. The van der Waals surface area contributed by atoms with E-state index in [-0.39, 0.29) is 16.8 Å². The molecule has 1 amide bonds. The van der Waals surface area contributed by atoms with Gasteiger partial charge in [-0.2, -0.15) is 0 Å². The van der Waals surface area contributed by atoms with Gasteiger partial charge in [0.2, 0.25) is 0 Å². The molecule has 0 aliphatic carbocycles. The first-order valence-electron chi connectivity index (χ1n) is 8.54. The van der Waals surface area contributed by atoms with Crippen LogP contribution in [0.4, 0.5) is 0 Å². The normalized spacial score (nSPS) is 13.7. The van der Waals surface area contributed by atoms with E-state index in [1.54, 1.807) is 24.3 Å². The summed E-state index contributed by atoms with van der Waals surface area (Å²) in [6, 6.07) is 13.8. The summed E-state index contributed by atoms with van der Waals surface area (Å²) in [6.07, 6.45) is 1.12. The van der Waals surface area contributed by atoms with Crippen molar-refractivity contribution in [3.8, 4) is 5.75 Å². The monoisotopic (exact) mass is 375 g/mol. The number of sulfone groups is 1. The van der Waals surface area contributed by atoms with Crippen LogP contribution in [-0.4, -0.2) is 26.7 Å². The lowest BCUT2D eigenvalue weighted by Crippen LogP contribution is -2.39. The second-order valence-corrected chi connectivity index (χ2v) is 8.42. The predicted molar refractivity (Wildman–Crippen MR) is 102 cm³/mol. The van der Waals surface area contributed by atoms with Gasteiger partial charge in [-0.25, -0.2) is 8.42 Å². The van der Waals surface area contributed by atoms with E-state index in [1.165, 1.54) is 6.26 Å². The van der Waals surface area contributed by atoms with Crippen LogP contribution in [0.5, 0.6) is 5.75 Å². The van der Waals surface area contributed by atoms with Crippen LogP contribution in [0.15, 0.2) is 53.4 Å². The van der Waals surface area contributed by atoms with Gasteiger partial charge in [-0.3, -0.25) is 4.79 Å². The maximum absolute atomic E-state index is 12.5. The molecule has 0 bridgehead atoms. The Kier molecular flexibility index (Phi) is 6.42. The summed E-state index contributed by atoms with van der Waals surface area (Å²) in [5.74, 6) is 0.454. The second-order valence-electron chi connectivity index (χ2n) is 6.40. The Morgan fingerprint density at radius 2 is 1.65 bits per heavy atom. The van der Waals surface area contributed by atoms with Crippen LogP contribution in [0.25, 0.3) is 0 Å². The molecule has 1 N–H and O–H groups in total. The lowest BCUT2D eigenvalue weighted by molar-refractivity contribution is -0.128. The number of nitrogens with one attached hydrogen (secondary N) is 1.